The standard InChI is InChI=1S/C18H19FN2O2S/c1-21-16(22)8-7-15(17(21)12-4-2-5-13(19)10-12)18(23)20-11-14-6-3-9-24-14/h2-6,9-10,15,17H,7-8,11H2,1H3,(H,20,23). The van der Waals surface area contributed by atoms with Gasteiger partial charge in [0.25, 0.3) is 0 Å². The second-order valence-electron chi connectivity index (χ2n) is 5.95. The highest BCUT2D eigenvalue weighted by molar-refractivity contribution is 7.09. The van der Waals surface area contributed by atoms with E-state index in [2.05, 4.69) is 5.32 Å². The minimum Gasteiger partial charge on any atom is -0.351 e. The molecular formula is C18H19FN2O2S. The zero-order valence-electron chi connectivity index (χ0n) is 13.4. The molecule has 24 heavy (non-hydrogen) atoms. The quantitative estimate of drug-likeness (QED) is 0.925. The van der Waals surface area contributed by atoms with E-state index in [-0.39, 0.29) is 23.5 Å². The van der Waals surface area contributed by atoms with Gasteiger partial charge in [-0.15, -0.1) is 11.3 Å². The number of thiophene rings is 1. The van der Waals surface area contributed by atoms with Crippen LogP contribution in [0.25, 0.3) is 0 Å². The summed E-state index contributed by atoms with van der Waals surface area (Å²) in [6.45, 7) is 0.473. The summed E-state index contributed by atoms with van der Waals surface area (Å²) in [5.74, 6) is -0.866. The summed E-state index contributed by atoms with van der Waals surface area (Å²) in [5, 5.41) is 4.91. The van der Waals surface area contributed by atoms with E-state index in [4.69, 9.17) is 0 Å². The molecule has 3 rings (SSSR count). The van der Waals surface area contributed by atoms with Crippen LogP contribution in [0, 0.1) is 11.7 Å². The molecule has 0 spiro atoms. The average molecular weight is 346 g/mol. The number of piperidine rings is 1. The van der Waals surface area contributed by atoms with Gasteiger partial charge >= 0.3 is 0 Å². The number of likely N-dealkylation sites (tertiary alicyclic amines) is 1. The van der Waals surface area contributed by atoms with Crippen LogP contribution in [0.2, 0.25) is 0 Å². The van der Waals surface area contributed by atoms with Crippen LogP contribution in [0.5, 0.6) is 0 Å². The maximum atomic E-state index is 13.6. The maximum absolute atomic E-state index is 13.6. The lowest BCUT2D eigenvalue weighted by Crippen LogP contribution is -2.46. The van der Waals surface area contributed by atoms with Crippen molar-refractivity contribution in [3.05, 3.63) is 58.0 Å². The molecule has 1 aromatic carbocycles. The molecule has 1 aliphatic rings. The van der Waals surface area contributed by atoms with Crippen molar-refractivity contribution in [2.75, 3.05) is 7.05 Å². The molecule has 0 aliphatic carbocycles. The van der Waals surface area contributed by atoms with Crippen LogP contribution in [-0.4, -0.2) is 23.8 Å². The number of halogens is 1. The van der Waals surface area contributed by atoms with Crippen molar-refractivity contribution in [3.63, 3.8) is 0 Å². The van der Waals surface area contributed by atoms with Crippen LogP contribution < -0.4 is 5.32 Å². The number of carbonyl (C=O) groups is 2. The lowest BCUT2D eigenvalue weighted by atomic mass is 9.84. The molecule has 4 nitrogen and oxygen atoms in total. The van der Waals surface area contributed by atoms with Crippen molar-refractivity contribution in [2.45, 2.75) is 25.4 Å². The summed E-state index contributed by atoms with van der Waals surface area (Å²) in [6, 6.07) is 9.60. The monoisotopic (exact) mass is 346 g/mol. The molecule has 126 valence electrons. The molecule has 1 saturated heterocycles. The Morgan fingerprint density at radius 1 is 1.38 bits per heavy atom. The molecule has 2 amide bonds. The number of benzene rings is 1. The van der Waals surface area contributed by atoms with Crippen LogP contribution in [0.3, 0.4) is 0 Å². The third kappa shape index (κ3) is 3.48. The van der Waals surface area contributed by atoms with Gasteiger partial charge in [0.1, 0.15) is 5.82 Å². The number of hydrogen-bond acceptors (Lipinski definition) is 3. The van der Waals surface area contributed by atoms with E-state index in [1.165, 1.54) is 12.1 Å². The highest BCUT2D eigenvalue weighted by Gasteiger charge is 2.38. The largest absolute Gasteiger partial charge is 0.351 e. The molecule has 0 bridgehead atoms. The molecule has 1 fully saturated rings. The second-order valence-corrected chi connectivity index (χ2v) is 6.98. The van der Waals surface area contributed by atoms with Gasteiger partial charge in [0, 0.05) is 18.3 Å². The summed E-state index contributed by atoms with van der Waals surface area (Å²) < 4.78 is 13.6. The summed E-state index contributed by atoms with van der Waals surface area (Å²) >= 11 is 1.58. The molecule has 6 heteroatoms. The SMILES string of the molecule is CN1C(=O)CCC(C(=O)NCc2cccs2)C1c1cccc(F)c1. The van der Waals surface area contributed by atoms with E-state index in [9.17, 15) is 14.0 Å². The van der Waals surface area contributed by atoms with E-state index >= 15 is 0 Å². The summed E-state index contributed by atoms with van der Waals surface area (Å²) in [6.07, 6.45) is 0.806. The number of nitrogens with one attached hydrogen (secondary N) is 1. The van der Waals surface area contributed by atoms with Gasteiger partial charge < -0.3 is 10.2 Å². The van der Waals surface area contributed by atoms with Gasteiger partial charge in [0.05, 0.1) is 18.5 Å². The van der Waals surface area contributed by atoms with Gasteiger partial charge in [-0.2, -0.15) is 0 Å². The smallest absolute Gasteiger partial charge is 0.225 e. The Kier molecular flexibility index (Phi) is 4.94. The summed E-state index contributed by atoms with van der Waals surface area (Å²) in [7, 11) is 1.68. The number of hydrogen-bond donors (Lipinski definition) is 1. The Bertz CT molecular complexity index is 732. The van der Waals surface area contributed by atoms with Crippen molar-refractivity contribution in [1.82, 2.24) is 10.2 Å². The first-order valence-corrected chi connectivity index (χ1v) is 8.75. The fourth-order valence-corrected chi connectivity index (χ4v) is 3.82. The van der Waals surface area contributed by atoms with Gasteiger partial charge in [-0.3, -0.25) is 9.59 Å². The van der Waals surface area contributed by atoms with Gasteiger partial charge in [-0.25, -0.2) is 4.39 Å². The van der Waals surface area contributed by atoms with E-state index < -0.39 is 6.04 Å². The van der Waals surface area contributed by atoms with Gasteiger partial charge in [-0.05, 0) is 35.6 Å². The Morgan fingerprint density at radius 2 is 2.21 bits per heavy atom. The van der Waals surface area contributed by atoms with Gasteiger partial charge in [0.15, 0.2) is 0 Å². The third-order valence-corrected chi connectivity index (χ3v) is 5.28. The molecule has 2 heterocycles. The average Bonchev–Trinajstić information content (AvgIpc) is 3.08. The van der Waals surface area contributed by atoms with Crippen molar-refractivity contribution >= 4 is 23.2 Å². The molecule has 2 atom stereocenters. The Labute approximate surface area is 144 Å². The van der Waals surface area contributed by atoms with Crippen molar-refractivity contribution < 1.29 is 14.0 Å². The van der Waals surface area contributed by atoms with Crippen LogP contribution in [0.4, 0.5) is 4.39 Å². The Morgan fingerprint density at radius 3 is 2.92 bits per heavy atom. The topological polar surface area (TPSA) is 49.4 Å². The van der Waals surface area contributed by atoms with Crippen molar-refractivity contribution in [1.29, 1.82) is 0 Å². The molecule has 0 radical (unpaired) electrons. The molecule has 0 saturated carbocycles. The normalized spacial score (nSPS) is 20.9. The lowest BCUT2D eigenvalue weighted by Gasteiger charge is -2.38. The zero-order valence-corrected chi connectivity index (χ0v) is 14.2. The second kappa shape index (κ2) is 7.13. The van der Waals surface area contributed by atoms with Crippen LogP contribution in [0.15, 0.2) is 41.8 Å². The minimum atomic E-state index is -0.440. The number of amides is 2. The molecule has 2 aromatic rings. The molecular weight excluding hydrogens is 327 g/mol. The third-order valence-electron chi connectivity index (χ3n) is 4.40. The highest BCUT2D eigenvalue weighted by Crippen LogP contribution is 2.36. The molecule has 2 unspecified atom stereocenters. The van der Waals surface area contributed by atoms with Crippen LogP contribution in [-0.2, 0) is 16.1 Å². The highest BCUT2D eigenvalue weighted by atomic mass is 32.1. The summed E-state index contributed by atoms with van der Waals surface area (Å²) in [4.78, 5) is 27.4. The lowest BCUT2D eigenvalue weighted by molar-refractivity contribution is -0.141. The Hall–Kier alpha value is -2.21. The van der Waals surface area contributed by atoms with Gasteiger partial charge in [0.2, 0.25) is 11.8 Å². The van der Waals surface area contributed by atoms with E-state index in [1.807, 2.05) is 17.5 Å². The van der Waals surface area contributed by atoms with Crippen LogP contribution >= 0.6 is 11.3 Å². The number of rotatable bonds is 4. The van der Waals surface area contributed by atoms with E-state index in [1.54, 1.807) is 35.4 Å². The fraction of sp³-hybridized carbons (Fsp3) is 0.333. The first-order chi connectivity index (χ1) is 11.6. The predicted octanol–water partition coefficient (Wildman–Crippen LogP) is 3.11. The molecule has 1 aliphatic heterocycles. The van der Waals surface area contributed by atoms with E-state index in [0.717, 1.165) is 4.88 Å². The molecule has 1 aromatic heterocycles. The van der Waals surface area contributed by atoms with Crippen molar-refractivity contribution in [2.24, 2.45) is 5.92 Å². The maximum Gasteiger partial charge on any atom is 0.225 e. The van der Waals surface area contributed by atoms with Crippen LogP contribution in [0.1, 0.15) is 29.3 Å². The predicted molar refractivity (Wildman–Crippen MR) is 90.8 cm³/mol. The number of carbonyl (C=O) groups excluding carboxylic acids is 2. The Balaban J connectivity index is 1.80. The summed E-state index contributed by atoms with van der Waals surface area (Å²) in [5.41, 5.74) is 0.654. The first kappa shape index (κ1) is 16.6. The first-order valence-electron chi connectivity index (χ1n) is 7.87. The minimum absolute atomic E-state index is 0.0217. The van der Waals surface area contributed by atoms with E-state index in [0.29, 0.717) is 24.9 Å². The number of nitrogens with zero attached hydrogens (tertiary/aromatic N) is 1. The zero-order chi connectivity index (χ0) is 17.1. The van der Waals surface area contributed by atoms with Crippen molar-refractivity contribution in [3.8, 4) is 0 Å². The molecule has 1 N–H and O–H groups in total. The van der Waals surface area contributed by atoms with Gasteiger partial charge in [-0.1, -0.05) is 18.2 Å². The fourth-order valence-electron chi connectivity index (χ4n) is 3.18.